The summed E-state index contributed by atoms with van der Waals surface area (Å²) in [6.07, 6.45) is 2.42. The number of aliphatic hydroxyl groups is 1. The normalized spacial score (nSPS) is 19.9. The van der Waals surface area contributed by atoms with Gasteiger partial charge in [0, 0.05) is 19.6 Å². The Morgan fingerprint density at radius 3 is 2.89 bits per heavy atom. The van der Waals surface area contributed by atoms with Gasteiger partial charge in [-0.1, -0.05) is 13.0 Å². The molecule has 1 aromatic carbocycles. The highest BCUT2D eigenvalue weighted by Crippen LogP contribution is 2.23. The molecule has 0 spiro atoms. The molecule has 2 rings (SSSR count). The first-order valence-corrected chi connectivity index (χ1v) is 7.00. The van der Waals surface area contributed by atoms with Crippen LogP contribution in [0.2, 0.25) is 0 Å². The van der Waals surface area contributed by atoms with Gasteiger partial charge in [0.1, 0.15) is 5.82 Å². The highest BCUT2D eigenvalue weighted by atomic mass is 19.1. The van der Waals surface area contributed by atoms with Crippen LogP contribution >= 0.6 is 0 Å². The Labute approximate surface area is 114 Å². The predicted molar refractivity (Wildman–Crippen MR) is 75.9 cm³/mol. The second-order valence-corrected chi connectivity index (χ2v) is 5.25. The summed E-state index contributed by atoms with van der Waals surface area (Å²) in [6.45, 7) is 5.12. The average molecular weight is 266 g/mol. The van der Waals surface area contributed by atoms with Crippen molar-refractivity contribution in [2.45, 2.75) is 32.4 Å². The molecule has 0 bridgehead atoms. The van der Waals surface area contributed by atoms with Crippen molar-refractivity contribution in [1.29, 1.82) is 0 Å². The molecule has 1 unspecified atom stereocenters. The first kappa shape index (κ1) is 14.3. The smallest absolute Gasteiger partial charge is 0.146 e. The minimum Gasteiger partial charge on any atom is -0.392 e. The van der Waals surface area contributed by atoms with Crippen LogP contribution in [0.5, 0.6) is 0 Å². The minimum absolute atomic E-state index is 0.118. The molecule has 1 atom stereocenters. The third-order valence-corrected chi connectivity index (χ3v) is 4.00. The summed E-state index contributed by atoms with van der Waals surface area (Å²) in [6, 6.07) is 5.47. The van der Waals surface area contributed by atoms with Gasteiger partial charge in [-0.3, -0.25) is 4.90 Å². The number of hydrogen-bond donors (Lipinski definition) is 1. The lowest BCUT2D eigenvalue weighted by Gasteiger charge is -2.29. The Morgan fingerprint density at radius 2 is 2.26 bits per heavy atom. The van der Waals surface area contributed by atoms with Gasteiger partial charge in [-0.05, 0) is 43.6 Å². The van der Waals surface area contributed by atoms with Gasteiger partial charge in [0.2, 0.25) is 0 Å². The lowest BCUT2D eigenvalue weighted by molar-refractivity contribution is 0.270. The Kier molecular flexibility index (Phi) is 4.77. The van der Waals surface area contributed by atoms with Crippen molar-refractivity contribution in [3.63, 3.8) is 0 Å². The quantitative estimate of drug-likeness (QED) is 0.885. The van der Waals surface area contributed by atoms with Gasteiger partial charge in [-0.2, -0.15) is 0 Å². The van der Waals surface area contributed by atoms with Crippen molar-refractivity contribution in [2.75, 3.05) is 31.6 Å². The van der Waals surface area contributed by atoms with E-state index in [9.17, 15) is 4.39 Å². The van der Waals surface area contributed by atoms with Crippen molar-refractivity contribution < 1.29 is 9.50 Å². The Hall–Kier alpha value is -1.13. The van der Waals surface area contributed by atoms with Crippen LogP contribution in [0, 0.1) is 5.82 Å². The van der Waals surface area contributed by atoms with Crippen LogP contribution in [-0.2, 0) is 6.61 Å². The van der Waals surface area contributed by atoms with Crippen LogP contribution in [0.15, 0.2) is 18.2 Å². The van der Waals surface area contributed by atoms with E-state index in [0.29, 0.717) is 17.3 Å². The molecule has 1 aromatic rings. The van der Waals surface area contributed by atoms with Crippen LogP contribution in [-0.4, -0.2) is 42.7 Å². The Balaban J connectivity index is 2.05. The first-order chi connectivity index (χ1) is 9.15. The van der Waals surface area contributed by atoms with Gasteiger partial charge in [0.25, 0.3) is 0 Å². The Morgan fingerprint density at radius 1 is 1.47 bits per heavy atom. The molecule has 1 saturated heterocycles. The summed E-state index contributed by atoms with van der Waals surface area (Å²) >= 11 is 0. The highest BCUT2D eigenvalue weighted by Gasteiger charge is 2.24. The monoisotopic (exact) mass is 266 g/mol. The van der Waals surface area contributed by atoms with Gasteiger partial charge >= 0.3 is 0 Å². The highest BCUT2D eigenvalue weighted by molar-refractivity contribution is 5.48. The van der Waals surface area contributed by atoms with E-state index in [1.807, 2.05) is 11.9 Å². The average Bonchev–Trinajstić information content (AvgIpc) is 2.85. The zero-order chi connectivity index (χ0) is 13.8. The van der Waals surface area contributed by atoms with Gasteiger partial charge in [0.05, 0.1) is 12.3 Å². The van der Waals surface area contributed by atoms with Crippen LogP contribution in [0.25, 0.3) is 0 Å². The lowest BCUT2D eigenvalue weighted by Crippen LogP contribution is -2.39. The summed E-state index contributed by atoms with van der Waals surface area (Å²) in [7, 11) is 1.93. The molecule has 0 amide bonds. The lowest BCUT2D eigenvalue weighted by atomic mass is 10.1. The number of benzene rings is 1. The van der Waals surface area contributed by atoms with Crippen LogP contribution in [0.4, 0.5) is 10.1 Å². The number of halogens is 1. The van der Waals surface area contributed by atoms with Crippen molar-refractivity contribution in [1.82, 2.24) is 4.90 Å². The van der Waals surface area contributed by atoms with Gasteiger partial charge in [-0.25, -0.2) is 4.39 Å². The predicted octanol–water partition coefficient (Wildman–Crippen LogP) is 2.24. The van der Waals surface area contributed by atoms with E-state index in [4.69, 9.17) is 5.11 Å². The molecule has 0 radical (unpaired) electrons. The van der Waals surface area contributed by atoms with E-state index in [0.717, 1.165) is 19.6 Å². The van der Waals surface area contributed by atoms with Crippen molar-refractivity contribution in [2.24, 2.45) is 0 Å². The fourth-order valence-electron chi connectivity index (χ4n) is 2.89. The van der Waals surface area contributed by atoms with Crippen molar-refractivity contribution in [3.8, 4) is 0 Å². The second-order valence-electron chi connectivity index (χ2n) is 5.25. The van der Waals surface area contributed by atoms with Crippen molar-refractivity contribution in [3.05, 3.63) is 29.6 Å². The number of anilines is 1. The fourth-order valence-corrected chi connectivity index (χ4v) is 2.89. The number of aliphatic hydroxyl groups excluding tert-OH is 1. The van der Waals surface area contributed by atoms with E-state index in [1.165, 1.54) is 18.9 Å². The topological polar surface area (TPSA) is 26.7 Å². The number of nitrogens with zero attached hydrogens (tertiary/aromatic N) is 2. The molecule has 106 valence electrons. The van der Waals surface area contributed by atoms with Gasteiger partial charge < -0.3 is 10.0 Å². The zero-order valence-electron chi connectivity index (χ0n) is 11.8. The van der Waals surface area contributed by atoms with Crippen LogP contribution in [0.1, 0.15) is 25.3 Å². The summed E-state index contributed by atoms with van der Waals surface area (Å²) in [5, 5.41) is 9.00. The van der Waals surface area contributed by atoms with Crippen LogP contribution in [0.3, 0.4) is 0 Å². The molecule has 1 fully saturated rings. The summed E-state index contributed by atoms with van der Waals surface area (Å²) in [4.78, 5) is 4.44. The molecule has 4 heteroatoms. The van der Waals surface area contributed by atoms with E-state index < -0.39 is 0 Å². The molecule has 1 aliphatic heterocycles. The summed E-state index contributed by atoms with van der Waals surface area (Å²) in [5.41, 5.74) is 1.23. The molecular formula is C15H23FN2O. The Bertz CT molecular complexity index is 425. The first-order valence-electron chi connectivity index (χ1n) is 7.00. The minimum atomic E-state index is -0.255. The number of likely N-dealkylation sites (N-methyl/N-ethyl adjacent to an activating group) is 2. The summed E-state index contributed by atoms with van der Waals surface area (Å²) in [5.74, 6) is -0.255. The molecular weight excluding hydrogens is 243 g/mol. The van der Waals surface area contributed by atoms with Gasteiger partial charge in [0.15, 0.2) is 0 Å². The molecule has 3 nitrogen and oxygen atoms in total. The third kappa shape index (κ3) is 3.25. The summed E-state index contributed by atoms with van der Waals surface area (Å²) < 4.78 is 14.0. The molecule has 19 heavy (non-hydrogen) atoms. The van der Waals surface area contributed by atoms with E-state index in [-0.39, 0.29) is 12.4 Å². The molecule has 0 saturated carbocycles. The number of hydrogen-bond acceptors (Lipinski definition) is 3. The number of rotatable bonds is 5. The SMILES string of the molecule is CCN1CCCC1CN(C)c1ccc(CO)cc1F. The van der Waals surface area contributed by atoms with E-state index in [2.05, 4.69) is 11.8 Å². The molecule has 0 aliphatic carbocycles. The zero-order valence-corrected chi connectivity index (χ0v) is 11.8. The second kappa shape index (κ2) is 6.35. The van der Waals surface area contributed by atoms with E-state index >= 15 is 0 Å². The fraction of sp³-hybridized carbons (Fsp3) is 0.600. The largest absolute Gasteiger partial charge is 0.392 e. The molecule has 1 aliphatic rings. The van der Waals surface area contributed by atoms with Crippen molar-refractivity contribution >= 4 is 5.69 Å². The molecule has 1 N–H and O–H groups in total. The maximum absolute atomic E-state index is 14.0. The maximum Gasteiger partial charge on any atom is 0.146 e. The molecule has 1 heterocycles. The molecule has 0 aromatic heterocycles. The van der Waals surface area contributed by atoms with Gasteiger partial charge in [-0.15, -0.1) is 0 Å². The third-order valence-electron chi connectivity index (χ3n) is 4.00. The van der Waals surface area contributed by atoms with Crippen LogP contribution < -0.4 is 4.90 Å². The number of likely N-dealkylation sites (tertiary alicyclic amines) is 1. The van der Waals surface area contributed by atoms with E-state index in [1.54, 1.807) is 12.1 Å². The maximum atomic E-state index is 14.0. The standard InChI is InChI=1S/C15H23FN2O/c1-3-18-8-4-5-13(18)10-17(2)15-7-6-12(11-19)9-14(15)16/h6-7,9,13,19H,3-5,8,10-11H2,1-2H3.